The van der Waals surface area contributed by atoms with Crippen molar-refractivity contribution in [1.82, 2.24) is 0 Å². The van der Waals surface area contributed by atoms with Crippen LogP contribution in [0.5, 0.6) is 0 Å². The average Bonchev–Trinajstić information content (AvgIpc) is 2.30. The smallest absolute Gasteiger partial charge is 0.364 e. The maximum atomic E-state index is 11.4. The number of nitrogens with zero attached hydrogens (tertiary/aromatic N) is 1. The third-order valence-electron chi connectivity index (χ3n) is 2.61. The molecule has 0 aromatic rings. The Bertz CT molecular complexity index is 177. The molecule has 0 aromatic carbocycles. The summed E-state index contributed by atoms with van der Waals surface area (Å²) in [7, 11) is 4.18. The zero-order valence-electron chi connectivity index (χ0n) is 8.17. The quantitative estimate of drug-likeness (QED) is 0.454. The SMILES string of the molecule is CCOC(=O)[C@@H]1CCC[N+]1(C)C. The molecule has 0 radical (unpaired) electrons. The van der Waals surface area contributed by atoms with E-state index in [9.17, 15) is 4.79 Å². The maximum Gasteiger partial charge on any atom is 0.364 e. The summed E-state index contributed by atoms with van der Waals surface area (Å²) in [4.78, 5) is 11.4. The number of hydrogen-bond acceptors (Lipinski definition) is 2. The first-order valence-electron chi connectivity index (χ1n) is 4.57. The maximum absolute atomic E-state index is 11.4. The highest BCUT2D eigenvalue weighted by Crippen LogP contribution is 2.22. The van der Waals surface area contributed by atoms with Crippen LogP contribution in [0.1, 0.15) is 19.8 Å². The fourth-order valence-electron chi connectivity index (χ4n) is 1.84. The van der Waals surface area contributed by atoms with E-state index in [1.165, 1.54) is 0 Å². The summed E-state index contributed by atoms with van der Waals surface area (Å²) in [6.07, 6.45) is 2.11. The molecule has 0 N–H and O–H groups in total. The lowest BCUT2D eigenvalue weighted by molar-refractivity contribution is -0.893. The van der Waals surface area contributed by atoms with Crippen molar-refractivity contribution in [2.24, 2.45) is 0 Å². The van der Waals surface area contributed by atoms with E-state index < -0.39 is 0 Å². The first kappa shape index (κ1) is 9.52. The van der Waals surface area contributed by atoms with Gasteiger partial charge < -0.3 is 9.22 Å². The molecular formula is C9H18NO2+. The molecule has 3 heteroatoms. The van der Waals surface area contributed by atoms with Crippen molar-refractivity contribution in [2.75, 3.05) is 27.2 Å². The number of likely N-dealkylation sites (tertiary alicyclic amines) is 1. The molecule has 1 aliphatic rings. The second-order valence-corrected chi connectivity index (χ2v) is 3.91. The molecule has 0 aromatic heterocycles. The van der Waals surface area contributed by atoms with Crippen molar-refractivity contribution in [1.29, 1.82) is 0 Å². The number of rotatable bonds is 2. The molecule has 0 saturated carbocycles. The molecule has 12 heavy (non-hydrogen) atoms. The lowest BCUT2D eigenvalue weighted by Crippen LogP contribution is -2.48. The van der Waals surface area contributed by atoms with Crippen LogP contribution in [0.3, 0.4) is 0 Å². The first-order chi connectivity index (χ1) is 5.58. The highest BCUT2D eigenvalue weighted by Gasteiger charge is 2.40. The van der Waals surface area contributed by atoms with Crippen molar-refractivity contribution in [2.45, 2.75) is 25.8 Å². The summed E-state index contributed by atoms with van der Waals surface area (Å²) >= 11 is 0. The fourth-order valence-corrected chi connectivity index (χ4v) is 1.84. The van der Waals surface area contributed by atoms with Gasteiger partial charge in [-0.3, -0.25) is 0 Å². The zero-order chi connectivity index (χ0) is 9.19. The Hall–Kier alpha value is -0.570. The topological polar surface area (TPSA) is 26.3 Å². The van der Waals surface area contributed by atoms with Gasteiger partial charge in [0.25, 0.3) is 0 Å². The molecule has 1 heterocycles. The summed E-state index contributed by atoms with van der Waals surface area (Å²) in [6, 6.07) is 0.0740. The molecule has 1 rings (SSSR count). The predicted molar refractivity (Wildman–Crippen MR) is 46.6 cm³/mol. The van der Waals surface area contributed by atoms with E-state index in [1.54, 1.807) is 0 Å². The van der Waals surface area contributed by atoms with E-state index in [0.29, 0.717) is 6.61 Å². The molecular weight excluding hydrogens is 154 g/mol. The van der Waals surface area contributed by atoms with Gasteiger partial charge in [0.1, 0.15) is 0 Å². The van der Waals surface area contributed by atoms with Crippen molar-refractivity contribution in [3.05, 3.63) is 0 Å². The van der Waals surface area contributed by atoms with Crippen molar-refractivity contribution in [3.8, 4) is 0 Å². The molecule has 1 aliphatic heterocycles. The lowest BCUT2D eigenvalue weighted by atomic mass is 10.2. The van der Waals surface area contributed by atoms with Crippen molar-refractivity contribution >= 4 is 5.97 Å². The average molecular weight is 172 g/mol. The Morgan fingerprint density at radius 2 is 2.25 bits per heavy atom. The van der Waals surface area contributed by atoms with Crippen LogP contribution in [-0.2, 0) is 9.53 Å². The third-order valence-corrected chi connectivity index (χ3v) is 2.61. The van der Waals surface area contributed by atoms with E-state index >= 15 is 0 Å². The summed E-state index contributed by atoms with van der Waals surface area (Å²) in [5, 5.41) is 0. The number of ether oxygens (including phenoxy) is 1. The summed E-state index contributed by atoms with van der Waals surface area (Å²) < 4.78 is 5.80. The number of esters is 1. The van der Waals surface area contributed by atoms with E-state index in [4.69, 9.17) is 4.74 Å². The molecule has 1 saturated heterocycles. The number of hydrogen-bond donors (Lipinski definition) is 0. The van der Waals surface area contributed by atoms with Crippen molar-refractivity contribution < 1.29 is 14.0 Å². The normalized spacial score (nSPS) is 27.1. The lowest BCUT2D eigenvalue weighted by Gasteiger charge is -2.29. The van der Waals surface area contributed by atoms with Gasteiger partial charge in [0.2, 0.25) is 0 Å². The van der Waals surface area contributed by atoms with Crippen LogP contribution < -0.4 is 0 Å². The molecule has 0 aliphatic carbocycles. The van der Waals surface area contributed by atoms with E-state index in [2.05, 4.69) is 14.1 Å². The van der Waals surface area contributed by atoms with Gasteiger partial charge in [0.15, 0.2) is 6.04 Å². The second-order valence-electron chi connectivity index (χ2n) is 3.91. The van der Waals surface area contributed by atoms with Crippen LogP contribution in [-0.4, -0.2) is 43.7 Å². The highest BCUT2D eigenvalue weighted by molar-refractivity contribution is 5.74. The van der Waals surface area contributed by atoms with Crippen LogP contribution in [0.2, 0.25) is 0 Å². The predicted octanol–water partition coefficient (Wildman–Crippen LogP) is 0.788. The minimum Gasteiger partial charge on any atom is -0.462 e. The van der Waals surface area contributed by atoms with Gasteiger partial charge in [0, 0.05) is 12.8 Å². The van der Waals surface area contributed by atoms with Gasteiger partial charge in [-0.05, 0) is 6.92 Å². The molecule has 70 valence electrons. The van der Waals surface area contributed by atoms with Gasteiger partial charge in [-0.15, -0.1) is 0 Å². The van der Waals surface area contributed by atoms with Gasteiger partial charge in [0.05, 0.1) is 27.2 Å². The van der Waals surface area contributed by atoms with Crippen LogP contribution in [0, 0.1) is 0 Å². The molecule has 1 fully saturated rings. The highest BCUT2D eigenvalue weighted by atomic mass is 16.5. The summed E-state index contributed by atoms with van der Waals surface area (Å²) in [5.41, 5.74) is 0. The monoisotopic (exact) mass is 172 g/mol. The van der Waals surface area contributed by atoms with Gasteiger partial charge in [-0.1, -0.05) is 0 Å². The molecule has 3 nitrogen and oxygen atoms in total. The zero-order valence-corrected chi connectivity index (χ0v) is 8.17. The first-order valence-corrected chi connectivity index (χ1v) is 4.57. The minimum absolute atomic E-state index is 0.0278. The Labute approximate surface area is 73.9 Å². The van der Waals surface area contributed by atoms with Crippen LogP contribution >= 0.6 is 0 Å². The molecule has 0 unspecified atom stereocenters. The Morgan fingerprint density at radius 3 is 2.67 bits per heavy atom. The van der Waals surface area contributed by atoms with Gasteiger partial charge in [-0.2, -0.15) is 0 Å². The number of carbonyl (C=O) groups excluding carboxylic acids is 1. The van der Waals surface area contributed by atoms with E-state index in [1.807, 2.05) is 6.92 Å². The molecule has 1 atom stereocenters. The largest absolute Gasteiger partial charge is 0.462 e. The molecule has 0 amide bonds. The van der Waals surface area contributed by atoms with Crippen LogP contribution in [0.25, 0.3) is 0 Å². The van der Waals surface area contributed by atoms with Crippen LogP contribution in [0.4, 0.5) is 0 Å². The minimum atomic E-state index is -0.0278. The molecule has 0 bridgehead atoms. The second kappa shape index (κ2) is 3.44. The fraction of sp³-hybridized carbons (Fsp3) is 0.889. The van der Waals surface area contributed by atoms with Gasteiger partial charge in [-0.25, -0.2) is 4.79 Å². The number of carbonyl (C=O) groups is 1. The van der Waals surface area contributed by atoms with Crippen LogP contribution in [0.15, 0.2) is 0 Å². The van der Waals surface area contributed by atoms with Crippen molar-refractivity contribution in [3.63, 3.8) is 0 Å². The Balaban J connectivity index is 2.56. The van der Waals surface area contributed by atoms with E-state index in [-0.39, 0.29) is 12.0 Å². The van der Waals surface area contributed by atoms with E-state index in [0.717, 1.165) is 23.9 Å². The third kappa shape index (κ3) is 1.78. The Morgan fingerprint density at radius 1 is 1.58 bits per heavy atom. The standard InChI is InChI=1S/C9H18NO2/c1-4-12-9(11)8-6-5-7-10(8,2)3/h8H,4-7H2,1-3H3/q+1/t8-/m0/s1. The number of quaternary nitrogens is 1. The summed E-state index contributed by atoms with van der Waals surface area (Å²) in [5.74, 6) is -0.0278. The Kier molecular flexibility index (Phi) is 2.73. The van der Waals surface area contributed by atoms with Gasteiger partial charge >= 0.3 is 5.97 Å². The summed E-state index contributed by atoms with van der Waals surface area (Å²) in [6.45, 7) is 3.44. The molecule has 0 spiro atoms. The number of likely N-dealkylation sites (N-methyl/N-ethyl adjacent to an activating group) is 1.